The molecule has 0 amide bonds. The van der Waals surface area contributed by atoms with Crippen LogP contribution in [0.25, 0.3) is 10.1 Å². The SMILES string of the molecule is Nc1ccn(Cc2csc3ccccc23)n1. The summed E-state index contributed by atoms with van der Waals surface area (Å²) in [5, 5.41) is 7.68. The number of fused-ring (bicyclic) bond motifs is 1. The van der Waals surface area contributed by atoms with E-state index in [0.29, 0.717) is 5.82 Å². The van der Waals surface area contributed by atoms with Gasteiger partial charge in [-0.05, 0) is 28.5 Å². The van der Waals surface area contributed by atoms with Crippen LogP contribution in [0.2, 0.25) is 0 Å². The molecule has 1 aromatic carbocycles. The number of hydrogen-bond donors (Lipinski definition) is 1. The van der Waals surface area contributed by atoms with Gasteiger partial charge in [0.1, 0.15) is 5.82 Å². The fraction of sp³-hybridized carbons (Fsp3) is 0.0833. The highest BCUT2D eigenvalue weighted by Gasteiger charge is 2.04. The topological polar surface area (TPSA) is 43.8 Å². The number of rotatable bonds is 2. The van der Waals surface area contributed by atoms with Gasteiger partial charge in [-0.3, -0.25) is 4.68 Å². The van der Waals surface area contributed by atoms with E-state index < -0.39 is 0 Å². The van der Waals surface area contributed by atoms with E-state index in [1.807, 2.05) is 16.9 Å². The van der Waals surface area contributed by atoms with Gasteiger partial charge in [0, 0.05) is 10.9 Å². The fourth-order valence-electron chi connectivity index (χ4n) is 1.80. The molecule has 0 saturated heterocycles. The number of anilines is 1. The van der Waals surface area contributed by atoms with Gasteiger partial charge in [-0.2, -0.15) is 5.10 Å². The zero-order chi connectivity index (χ0) is 11.0. The summed E-state index contributed by atoms with van der Waals surface area (Å²) >= 11 is 1.77. The molecule has 0 aliphatic rings. The van der Waals surface area contributed by atoms with Crippen LogP contribution in [0, 0.1) is 0 Å². The van der Waals surface area contributed by atoms with Crippen molar-refractivity contribution in [3.63, 3.8) is 0 Å². The smallest absolute Gasteiger partial charge is 0.145 e. The van der Waals surface area contributed by atoms with E-state index in [0.717, 1.165) is 6.54 Å². The Morgan fingerprint density at radius 1 is 1.25 bits per heavy atom. The van der Waals surface area contributed by atoms with Gasteiger partial charge in [-0.1, -0.05) is 18.2 Å². The molecule has 0 unspecified atom stereocenters. The van der Waals surface area contributed by atoms with Crippen molar-refractivity contribution in [2.24, 2.45) is 0 Å². The highest BCUT2D eigenvalue weighted by molar-refractivity contribution is 7.17. The number of nitrogens with two attached hydrogens (primary N) is 1. The average molecular weight is 229 g/mol. The molecule has 3 aromatic rings. The second kappa shape index (κ2) is 3.64. The minimum atomic E-state index is 0.569. The molecule has 0 aliphatic heterocycles. The Hall–Kier alpha value is -1.81. The molecule has 80 valence electrons. The molecule has 2 heterocycles. The second-order valence-corrected chi connectivity index (χ2v) is 4.61. The predicted octanol–water partition coefficient (Wildman–Crippen LogP) is 2.73. The minimum absolute atomic E-state index is 0.569. The van der Waals surface area contributed by atoms with E-state index in [1.165, 1.54) is 15.6 Å². The van der Waals surface area contributed by atoms with Crippen LogP contribution in [0.5, 0.6) is 0 Å². The van der Waals surface area contributed by atoms with Crippen LogP contribution in [0.1, 0.15) is 5.56 Å². The van der Waals surface area contributed by atoms with E-state index in [4.69, 9.17) is 5.73 Å². The lowest BCUT2D eigenvalue weighted by Crippen LogP contribution is -2.00. The molecule has 0 bridgehead atoms. The van der Waals surface area contributed by atoms with Crippen molar-refractivity contribution in [1.29, 1.82) is 0 Å². The quantitative estimate of drug-likeness (QED) is 0.734. The number of nitrogen functional groups attached to an aromatic ring is 1. The summed E-state index contributed by atoms with van der Waals surface area (Å²) in [5.74, 6) is 0.569. The lowest BCUT2D eigenvalue weighted by Gasteiger charge is -1.99. The Morgan fingerprint density at radius 2 is 2.12 bits per heavy atom. The van der Waals surface area contributed by atoms with Gasteiger partial charge in [0.2, 0.25) is 0 Å². The van der Waals surface area contributed by atoms with Crippen LogP contribution in [0.15, 0.2) is 41.9 Å². The summed E-state index contributed by atoms with van der Waals surface area (Å²) in [4.78, 5) is 0. The van der Waals surface area contributed by atoms with E-state index >= 15 is 0 Å². The Bertz CT molecular complexity index is 624. The lowest BCUT2D eigenvalue weighted by atomic mass is 10.2. The first-order chi connectivity index (χ1) is 7.83. The van der Waals surface area contributed by atoms with Crippen molar-refractivity contribution in [1.82, 2.24) is 9.78 Å². The van der Waals surface area contributed by atoms with E-state index in [9.17, 15) is 0 Å². The van der Waals surface area contributed by atoms with Crippen molar-refractivity contribution in [2.45, 2.75) is 6.54 Å². The van der Waals surface area contributed by atoms with Gasteiger partial charge < -0.3 is 5.73 Å². The molecule has 0 aliphatic carbocycles. The molecule has 3 rings (SSSR count). The molecule has 2 N–H and O–H groups in total. The second-order valence-electron chi connectivity index (χ2n) is 3.70. The molecule has 0 saturated carbocycles. The third kappa shape index (κ3) is 1.57. The largest absolute Gasteiger partial charge is 0.382 e. The molecule has 0 radical (unpaired) electrons. The molecule has 0 fully saturated rings. The van der Waals surface area contributed by atoms with Crippen LogP contribution < -0.4 is 5.73 Å². The van der Waals surface area contributed by atoms with Crippen molar-refractivity contribution in [2.75, 3.05) is 5.73 Å². The summed E-state index contributed by atoms with van der Waals surface area (Å²) in [6, 6.07) is 10.2. The third-order valence-electron chi connectivity index (χ3n) is 2.55. The van der Waals surface area contributed by atoms with Crippen LogP contribution >= 0.6 is 11.3 Å². The van der Waals surface area contributed by atoms with Gasteiger partial charge in [0.05, 0.1) is 6.54 Å². The van der Waals surface area contributed by atoms with E-state index in [1.54, 1.807) is 11.3 Å². The third-order valence-corrected chi connectivity index (χ3v) is 3.57. The van der Waals surface area contributed by atoms with Crippen molar-refractivity contribution >= 4 is 27.2 Å². The van der Waals surface area contributed by atoms with Crippen LogP contribution in [0.4, 0.5) is 5.82 Å². The highest BCUT2D eigenvalue weighted by atomic mass is 32.1. The van der Waals surface area contributed by atoms with Crippen molar-refractivity contribution in [3.8, 4) is 0 Å². The molecule has 2 aromatic heterocycles. The maximum Gasteiger partial charge on any atom is 0.145 e. The Kier molecular flexibility index (Phi) is 2.15. The number of benzene rings is 1. The molecule has 0 spiro atoms. The normalized spacial score (nSPS) is 11.0. The molecular formula is C12H11N3S. The standard InChI is InChI=1S/C12H11N3S/c13-12-5-6-15(14-12)7-9-8-16-11-4-2-1-3-10(9)11/h1-6,8H,7H2,(H2,13,14). The first kappa shape index (κ1) is 9.42. The molecule has 0 atom stereocenters. The summed E-state index contributed by atoms with van der Waals surface area (Å²) < 4.78 is 3.18. The van der Waals surface area contributed by atoms with E-state index in [2.05, 4.69) is 34.7 Å². The number of aromatic nitrogens is 2. The first-order valence-electron chi connectivity index (χ1n) is 5.07. The summed E-state index contributed by atoms with van der Waals surface area (Å²) in [5.41, 5.74) is 6.89. The van der Waals surface area contributed by atoms with Crippen LogP contribution in [-0.4, -0.2) is 9.78 Å². The summed E-state index contributed by atoms with van der Waals surface area (Å²) in [7, 11) is 0. The Morgan fingerprint density at radius 3 is 2.94 bits per heavy atom. The molecular weight excluding hydrogens is 218 g/mol. The van der Waals surface area contributed by atoms with Gasteiger partial charge >= 0.3 is 0 Å². The zero-order valence-corrected chi connectivity index (χ0v) is 9.45. The van der Waals surface area contributed by atoms with Crippen LogP contribution in [0.3, 0.4) is 0 Å². The Balaban J connectivity index is 2.00. The predicted molar refractivity (Wildman–Crippen MR) is 67.6 cm³/mol. The monoisotopic (exact) mass is 229 g/mol. The van der Waals surface area contributed by atoms with Gasteiger partial charge in [-0.15, -0.1) is 11.3 Å². The number of thiophene rings is 1. The van der Waals surface area contributed by atoms with Gasteiger partial charge in [0.25, 0.3) is 0 Å². The van der Waals surface area contributed by atoms with Gasteiger partial charge in [-0.25, -0.2) is 0 Å². The van der Waals surface area contributed by atoms with E-state index in [-0.39, 0.29) is 0 Å². The average Bonchev–Trinajstić information content (AvgIpc) is 2.87. The summed E-state index contributed by atoms with van der Waals surface area (Å²) in [6.07, 6.45) is 1.90. The Labute approximate surface area is 97.1 Å². The number of hydrogen-bond acceptors (Lipinski definition) is 3. The molecule has 16 heavy (non-hydrogen) atoms. The maximum absolute atomic E-state index is 5.59. The first-order valence-corrected chi connectivity index (χ1v) is 5.95. The minimum Gasteiger partial charge on any atom is -0.382 e. The molecule has 4 heteroatoms. The van der Waals surface area contributed by atoms with Crippen LogP contribution in [-0.2, 0) is 6.54 Å². The summed E-state index contributed by atoms with van der Waals surface area (Å²) in [6.45, 7) is 0.779. The zero-order valence-electron chi connectivity index (χ0n) is 8.63. The number of nitrogens with zero attached hydrogens (tertiary/aromatic N) is 2. The van der Waals surface area contributed by atoms with Crippen molar-refractivity contribution in [3.05, 3.63) is 47.5 Å². The lowest BCUT2D eigenvalue weighted by molar-refractivity contribution is 0.695. The maximum atomic E-state index is 5.59. The van der Waals surface area contributed by atoms with Crippen molar-refractivity contribution < 1.29 is 0 Å². The highest BCUT2D eigenvalue weighted by Crippen LogP contribution is 2.26. The fourth-order valence-corrected chi connectivity index (χ4v) is 2.75. The molecule has 3 nitrogen and oxygen atoms in total. The van der Waals surface area contributed by atoms with Gasteiger partial charge in [0.15, 0.2) is 0 Å².